The van der Waals surface area contributed by atoms with Gasteiger partial charge >= 0.3 is 5.97 Å². The highest BCUT2D eigenvalue weighted by Gasteiger charge is 2.32. The summed E-state index contributed by atoms with van der Waals surface area (Å²) in [5.74, 6) is -0.727. The Balaban J connectivity index is 1.67. The molecule has 26 heavy (non-hydrogen) atoms. The number of piperazine rings is 1. The zero-order valence-corrected chi connectivity index (χ0v) is 15.7. The van der Waals surface area contributed by atoms with Crippen LogP contribution in [0, 0.1) is 0 Å². The molecule has 0 unspecified atom stereocenters. The Hall–Kier alpha value is -1.63. The van der Waals surface area contributed by atoms with Gasteiger partial charge in [-0.2, -0.15) is 0 Å². The third-order valence-electron chi connectivity index (χ3n) is 5.16. The second-order valence-corrected chi connectivity index (χ2v) is 7.62. The maximum Gasteiger partial charge on any atom is 0.317 e. The molecule has 6 nitrogen and oxygen atoms in total. The summed E-state index contributed by atoms with van der Waals surface area (Å²) < 4.78 is 0. The summed E-state index contributed by atoms with van der Waals surface area (Å²) in [6.07, 6.45) is 2.72. The van der Waals surface area contributed by atoms with Gasteiger partial charge in [0.15, 0.2) is 0 Å². The van der Waals surface area contributed by atoms with E-state index in [1.54, 1.807) is 6.07 Å². The van der Waals surface area contributed by atoms with E-state index in [4.69, 9.17) is 16.7 Å². The molecular weight excluding hydrogens is 354 g/mol. The van der Waals surface area contributed by atoms with Crippen LogP contribution in [0.2, 0.25) is 5.02 Å². The molecule has 0 aromatic heterocycles. The SMILES string of the molecule is O=C(O)CN1CCN(C(=O)Cc2cccc(Cl)c2)[C@H](CN2CCCC2)C1. The summed E-state index contributed by atoms with van der Waals surface area (Å²) in [6, 6.07) is 7.44. The van der Waals surface area contributed by atoms with Crippen LogP contribution >= 0.6 is 11.6 Å². The van der Waals surface area contributed by atoms with Crippen molar-refractivity contribution in [2.24, 2.45) is 0 Å². The first kappa shape index (κ1) is 19.1. The molecule has 0 radical (unpaired) electrons. The van der Waals surface area contributed by atoms with Crippen LogP contribution in [0.15, 0.2) is 24.3 Å². The maximum absolute atomic E-state index is 12.9. The molecule has 1 aromatic carbocycles. The van der Waals surface area contributed by atoms with Gasteiger partial charge in [0.25, 0.3) is 0 Å². The minimum absolute atomic E-state index is 0.0345. The Labute approximate surface area is 159 Å². The fraction of sp³-hybridized carbons (Fsp3) is 0.579. The zero-order valence-electron chi connectivity index (χ0n) is 14.9. The molecule has 1 N–H and O–H groups in total. The van der Waals surface area contributed by atoms with Crippen molar-refractivity contribution in [3.63, 3.8) is 0 Å². The van der Waals surface area contributed by atoms with Gasteiger partial charge in [0.05, 0.1) is 19.0 Å². The Morgan fingerprint density at radius 2 is 1.88 bits per heavy atom. The summed E-state index contributed by atoms with van der Waals surface area (Å²) in [5.41, 5.74) is 0.912. The van der Waals surface area contributed by atoms with E-state index in [-0.39, 0.29) is 18.5 Å². The zero-order chi connectivity index (χ0) is 18.5. The summed E-state index contributed by atoms with van der Waals surface area (Å²) in [4.78, 5) is 30.2. The number of likely N-dealkylation sites (tertiary alicyclic amines) is 1. The first-order valence-electron chi connectivity index (χ1n) is 9.21. The average molecular weight is 380 g/mol. The molecule has 2 saturated heterocycles. The van der Waals surface area contributed by atoms with Crippen LogP contribution in [0.5, 0.6) is 0 Å². The van der Waals surface area contributed by atoms with Crippen LogP contribution in [-0.2, 0) is 16.0 Å². The van der Waals surface area contributed by atoms with E-state index in [1.165, 1.54) is 12.8 Å². The highest BCUT2D eigenvalue weighted by atomic mass is 35.5. The molecule has 0 aliphatic carbocycles. The fourth-order valence-electron chi connectivity index (χ4n) is 3.93. The van der Waals surface area contributed by atoms with E-state index in [1.807, 2.05) is 28.0 Å². The standard InChI is InChI=1S/C19H26ClN3O3/c20-16-5-3-4-15(10-16)11-18(24)23-9-8-22(14-19(25)26)13-17(23)12-21-6-1-2-7-21/h3-5,10,17H,1-2,6-9,11-14H2,(H,25,26)/t17-/m1/s1. The fourth-order valence-corrected chi connectivity index (χ4v) is 4.14. The lowest BCUT2D eigenvalue weighted by Crippen LogP contribution is -2.59. The number of aliphatic carboxylic acids is 1. The lowest BCUT2D eigenvalue weighted by Gasteiger charge is -2.42. The van der Waals surface area contributed by atoms with Gasteiger partial charge in [-0.1, -0.05) is 23.7 Å². The number of hydrogen-bond donors (Lipinski definition) is 1. The van der Waals surface area contributed by atoms with Crippen molar-refractivity contribution in [1.29, 1.82) is 0 Å². The number of hydrogen-bond acceptors (Lipinski definition) is 4. The molecule has 2 fully saturated rings. The van der Waals surface area contributed by atoms with Gasteiger partial charge in [-0.15, -0.1) is 0 Å². The van der Waals surface area contributed by atoms with Crippen LogP contribution in [0.1, 0.15) is 18.4 Å². The third kappa shape index (κ3) is 5.19. The minimum Gasteiger partial charge on any atom is -0.480 e. The highest BCUT2D eigenvalue weighted by Crippen LogP contribution is 2.18. The number of benzene rings is 1. The van der Waals surface area contributed by atoms with Crippen LogP contribution in [-0.4, -0.2) is 83.5 Å². The number of amides is 1. The molecule has 0 bridgehead atoms. The molecule has 2 aliphatic heterocycles. The second-order valence-electron chi connectivity index (χ2n) is 7.18. The van der Waals surface area contributed by atoms with Crippen molar-refractivity contribution < 1.29 is 14.7 Å². The van der Waals surface area contributed by atoms with Gasteiger partial charge in [-0.25, -0.2) is 0 Å². The molecule has 3 rings (SSSR count). The molecule has 2 aliphatic rings. The molecule has 0 saturated carbocycles. The van der Waals surface area contributed by atoms with Crippen LogP contribution in [0.3, 0.4) is 0 Å². The lowest BCUT2D eigenvalue weighted by atomic mass is 10.1. The quantitative estimate of drug-likeness (QED) is 0.813. The monoisotopic (exact) mass is 379 g/mol. The maximum atomic E-state index is 12.9. The van der Waals surface area contributed by atoms with E-state index in [0.29, 0.717) is 31.1 Å². The highest BCUT2D eigenvalue weighted by molar-refractivity contribution is 6.30. The van der Waals surface area contributed by atoms with Gasteiger partial charge in [0.1, 0.15) is 0 Å². The summed E-state index contributed by atoms with van der Waals surface area (Å²) in [6.45, 7) is 4.76. The second kappa shape index (κ2) is 8.84. The van der Waals surface area contributed by atoms with Crippen molar-refractivity contribution >= 4 is 23.5 Å². The first-order valence-corrected chi connectivity index (χ1v) is 9.59. The number of rotatable bonds is 6. The lowest BCUT2D eigenvalue weighted by molar-refractivity contribution is -0.141. The molecule has 2 heterocycles. The summed E-state index contributed by atoms with van der Waals surface area (Å²) in [5, 5.41) is 9.72. The predicted molar refractivity (Wildman–Crippen MR) is 100 cm³/mol. The van der Waals surface area contributed by atoms with Gasteiger partial charge < -0.3 is 14.9 Å². The van der Waals surface area contributed by atoms with Crippen LogP contribution in [0.4, 0.5) is 0 Å². The van der Waals surface area contributed by atoms with E-state index >= 15 is 0 Å². The average Bonchev–Trinajstić information content (AvgIpc) is 3.07. The predicted octanol–water partition coefficient (Wildman–Crippen LogP) is 1.58. The minimum atomic E-state index is -0.816. The normalized spacial score (nSPS) is 21.9. The van der Waals surface area contributed by atoms with Gasteiger partial charge in [0.2, 0.25) is 5.91 Å². The number of carbonyl (C=O) groups is 2. The van der Waals surface area contributed by atoms with E-state index < -0.39 is 5.97 Å². The largest absolute Gasteiger partial charge is 0.480 e. The van der Waals surface area contributed by atoms with Gasteiger partial charge in [0, 0.05) is 31.2 Å². The molecule has 7 heteroatoms. The van der Waals surface area contributed by atoms with Crippen LogP contribution < -0.4 is 0 Å². The number of carboxylic acid groups (broad SMARTS) is 1. The molecule has 1 amide bonds. The summed E-state index contributed by atoms with van der Waals surface area (Å²) >= 11 is 6.03. The first-order chi connectivity index (χ1) is 12.5. The van der Waals surface area contributed by atoms with Gasteiger partial charge in [-0.3, -0.25) is 14.5 Å². The molecule has 1 aromatic rings. The molecule has 1 atom stereocenters. The van der Waals surface area contributed by atoms with E-state index in [9.17, 15) is 9.59 Å². The van der Waals surface area contributed by atoms with Gasteiger partial charge in [-0.05, 0) is 43.6 Å². The third-order valence-corrected chi connectivity index (χ3v) is 5.39. The van der Waals surface area contributed by atoms with Crippen molar-refractivity contribution in [1.82, 2.24) is 14.7 Å². The Kier molecular flexibility index (Phi) is 6.51. The summed E-state index contributed by atoms with van der Waals surface area (Å²) in [7, 11) is 0. The van der Waals surface area contributed by atoms with Crippen molar-refractivity contribution in [2.45, 2.75) is 25.3 Å². The van der Waals surface area contributed by atoms with Crippen molar-refractivity contribution in [3.05, 3.63) is 34.9 Å². The van der Waals surface area contributed by atoms with E-state index in [2.05, 4.69) is 4.90 Å². The van der Waals surface area contributed by atoms with Crippen molar-refractivity contribution in [2.75, 3.05) is 45.8 Å². The molecule has 142 valence electrons. The Bertz CT molecular complexity index is 649. The number of carboxylic acids is 1. The number of halogens is 1. The number of nitrogens with zero attached hydrogens (tertiary/aromatic N) is 3. The molecule has 0 spiro atoms. The number of carbonyl (C=O) groups excluding carboxylic acids is 1. The van der Waals surface area contributed by atoms with Crippen molar-refractivity contribution in [3.8, 4) is 0 Å². The van der Waals surface area contributed by atoms with Crippen LogP contribution in [0.25, 0.3) is 0 Å². The van der Waals surface area contributed by atoms with E-state index in [0.717, 1.165) is 25.2 Å². The topological polar surface area (TPSA) is 64.1 Å². The Morgan fingerprint density at radius 1 is 1.12 bits per heavy atom. The molecular formula is C19H26ClN3O3. The smallest absolute Gasteiger partial charge is 0.317 e. The Morgan fingerprint density at radius 3 is 2.58 bits per heavy atom.